The van der Waals surface area contributed by atoms with Gasteiger partial charge in [0, 0.05) is 30.9 Å². The topological polar surface area (TPSA) is 46.0 Å². The Morgan fingerprint density at radius 3 is 2.71 bits per heavy atom. The van der Waals surface area contributed by atoms with Crippen LogP contribution >= 0.6 is 0 Å². The number of anilines is 1. The van der Waals surface area contributed by atoms with Crippen molar-refractivity contribution in [3.05, 3.63) is 42.5 Å². The van der Waals surface area contributed by atoms with E-state index in [0.717, 1.165) is 13.1 Å². The molecule has 1 unspecified atom stereocenters. The number of aromatic nitrogens is 3. The lowest BCUT2D eigenvalue weighted by Crippen LogP contribution is -2.31. The van der Waals surface area contributed by atoms with E-state index in [-0.39, 0.29) is 0 Å². The van der Waals surface area contributed by atoms with Crippen molar-refractivity contribution in [3.63, 3.8) is 0 Å². The SMILES string of the molecule is CC(C)N1CCC(Nc2ccc(Cn3cncn3)cc2)C1. The van der Waals surface area contributed by atoms with Crippen LogP contribution in [-0.2, 0) is 6.54 Å². The van der Waals surface area contributed by atoms with E-state index in [1.807, 2.05) is 4.68 Å². The molecule has 0 radical (unpaired) electrons. The molecule has 112 valence electrons. The maximum absolute atomic E-state index is 4.13. The molecule has 2 heterocycles. The summed E-state index contributed by atoms with van der Waals surface area (Å²) in [7, 11) is 0. The Bertz CT molecular complexity index is 547. The molecule has 5 heteroatoms. The van der Waals surface area contributed by atoms with Gasteiger partial charge in [0.1, 0.15) is 12.7 Å². The van der Waals surface area contributed by atoms with Gasteiger partial charge in [0.05, 0.1) is 6.54 Å². The predicted octanol–water partition coefficient (Wildman–Crippen LogP) is 2.22. The molecule has 1 saturated heterocycles. The summed E-state index contributed by atoms with van der Waals surface area (Å²) >= 11 is 0. The van der Waals surface area contributed by atoms with Gasteiger partial charge in [0.25, 0.3) is 0 Å². The number of rotatable bonds is 5. The van der Waals surface area contributed by atoms with E-state index in [9.17, 15) is 0 Å². The van der Waals surface area contributed by atoms with E-state index in [0.29, 0.717) is 12.1 Å². The van der Waals surface area contributed by atoms with Crippen molar-refractivity contribution >= 4 is 5.69 Å². The molecular weight excluding hydrogens is 262 g/mol. The number of nitrogens with zero attached hydrogens (tertiary/aromatic N) is 4. The van der Waals surface area contributed by atoms with Gasteiger partial charge in [-0.2, -0.15) is 5.10 Å². The van der Waals surface area contributed by atoms with Gasteiger partial charge < -0.3 is 5.32 Å². The van der Waals surface area contributed by atoms with Crippen molar-refractivity contribution in [2.24, 2.45) is 0 Å². The lowest BCUT2D eigenvalue weighted by Gasteiger charge is -2.21. The Morgan fingerprint density at radius 1 is 1.29 bits per heavy atom. The molecule has 1 N–H and O–H groups in total. The third kappa shape index (κ3) is 3.61. The fourth-order valence-electron chi connectivity index (χ4n) is 2.82. The second kappa shape index (κ2) is 6.26. The first-order valence-corrected chi connectivity index (χ1v) is 7.62. The standard InChI is InChI=1S/C16H23N5/c1-13(2)20-8-7-16(10-20)19-15-5-3-14(4-6-15)9-21-12-17-11-18-21/h3-6,11-13,16,19H,7-10H2,1-2H3. The molecule has 0 amide bonds. The second-order valence-corrected chi connectivity index (χ2v) is 6.01. The maximum Gasteiger partial charge on any atom is 0.137 e. The van der Waals surface area contributed by atoms with E-state index >= 15 is 0 Å². The fourth-order valence-corrected chi connectivity index (χ4v) is 2.82. The lowest BCUT2D eigenvalue weighted by atomic mass is 10.2. The van der Waals surface area contributed by atoms with E-state index in [4.69, 9.17) is 0 Å². The number of hydrogen-bond acceptors (Lipinski definition) is 4. The highest BCUT2D eigenvalue weighted by Gasteiger charge is 2.23. The van der Waals surface area contributed by atoms with Gasteiger partial charge in [-0.1, -0.05) is 12.1 Å². The molecule has 5 nitrogen and oxygen atoms in total. The van der Waals surface area contributed by atoms with Crippen molar-refractivity contribution in [3.8, 4) is 0 Å². The van der Waals surface area contributed by atoms with Gasteiger partial charge in [0.2, 0.25) is 0 Å². The average Bonchev–Trinajstić information content (AvgIpc) is 3.12. The highest BCUT2D eigenvalue weighted by atomic mass is 15.3. The van der Waals surface area contributed by atoms with Crippen LogP contribution in [0, 0.1) is 0 Å². The molecular formula is C16H23N5. The Morgan fingerprint density at radius 2 is 2.10 bits per heavy atom. The Labute approximate surface area is 126 Å². The summed E-state index contributed by atoms with van der Waals surface area (Å²) in [6.07, 6.45) is 4.53. The molecule has 0 bridgehead atoms. The zero-order valence-electron chi connectivity index (χ0n) is 12.7. The summed E-state index contributed by atoms with van der Waals surface area (Å²) in [5.74, 6) is 0. The molecule has 1 atom stereocenters. The van der Waals surface area contributed by atoms with Crippen LogP contribution in [0.25, 0.3) is 0 Å². The third-order valence-corrected chi connectivity index (χ3v) is 4.09. The fraction of sp³-hybridized carbons (Fsp3) is 0.500. The molecule has 1 aromatic heterocycles. The minimum atomic E-state index is 0.563. The first kappa shape index (κ1) is 14.1. The third-order valence-electron chi connectivity index (χ3n) is 4.09. The van der Waals surface area contributed by atoms with Gasteiger partial charge in [-0.05, 0) is 38.0 Å². The highest BCUT2D eigenvalue weighted by Crippen LogP contribution is 2.18. The normalized spacial score (nSPS) is 19.3. The lowest BCUT2D eigenvalue weighted by molar-refractivity contribution is 0.274. The molecule has 1 aliphatic rings. The second-order valence-electron chi connectivity index (χ2n) is 6.01. The predicted molar refractivity (Wildman–Crippen MR) is 84.3 cm³/mol. The zero-order chi connectivity index (χ0) is 14.7. The van der Waals surface area contributed by atoms with E-state index in [1.54, 1.807) is 12.7 Å². The summed E-state index contributed by atoms with van der Waals surface area (Å²) in [5, 5.41) is 7.76. The molecule has 3 rings (SSSR count). The zero-order valence-corrected chi connectivity index (χ0v) is 12.7. The van der Waals surface area contributed by atoms with Gasteiger partial charge >= 0.3 is 0 Å². The average molecular weight is 285 g/mol. The van der Waals surface area contributed by atoms with E-state index in [1.165, 1.54) is 24.2 Å². The molecule has 0 saturated carbocycles. The van der Waals surface area contributed by atoms with Crippen LogP contribution in [-0.4, -0.2) is 44.8 Å². The largest absolute Gasteiger partial charge is 0.381 e. The van der Waals surface area contributed by atoms with Crippen molar-refractivity contribution < 1.29 is 0 Å². The van der Waals surface area contributed by atoms with Crippen LogP contribution in [0.2, 0.25) is 0 Å². The van der Waals surface area contributed by atoms with Gasteiger partial charge in [-0.25, -0.2) is 9.67 Å². The summed E-state index contributed by atoms with van der Waals surface area (Å²) in [6.45, 7) is 7.63. The van der Waals surface area contributed by atoms with Gasteiger partial charge in [-0.3, -0.25) is 4.90 Å². The van der Waals surface area contributed by atoms with Crippen molar-refractivity contribution in [2.45, 2.75) is 38.9 Å². The van der Waals surface area contributed by atoms with Gasteiger partial charge in [0.15, 0.2) is 0 Å². The Hall–Kier alpha value is -1.88. The molecule has 21 heavy (non-hydrogen) atoms. The molecule has 2 aromatic rings. The number of hydrogen-bond donors (Lipinski definition) is 1. The minimum Gasteiger partial charge on any atom is -0.381 e. The maximum atomic E-state index is 4.13. The molecule has 0 spiro atoms. The highest BCUT2D eigenvalue weighted by molar-refractivity contribution is 5.45. The van der Waals surface area contributed by atoms with Gasteiger partial charge in [-0.15, -0.1) is 0 Å². The van der Waals surface area contributed by atoms with Crippen LogP contribution < -0.4 is 5.32 Å². The van der Waals surface area contributed by atoms with Crippen LogP contribution in [0.15, 0.2) is 36.9 Å². The summed E-state index contributed by atoms with van der Waals surface area (Å²) in [5.41, 5.74) is 2.44. The van der Waals surface area contributed by atoms with E-state index in [2.05, 4.69) is 58.4 Å². The monoisotopic (exact) mass is 285 g/mol. The van der Waals surface area contributed by atoms with Crippen molar-refractivity contribution in [2.75, 3.05) is 18.4 Å². The summed E-state index contributed by atoms with van der Waals surface area (Å²) in [6, 6.07) is 9.82. The molecule has 1 aliphatic heterocycles. The quantitative estimate of drug-likeness (QED) is 0.915. The summed E-state index contributed by atoms with van der Waals surface area (Å²) < 4.78 is 1.83. The number of benzene rings is 1. The minimum absolute atomic E-state index is 0.563. The van der Waals surface area contributed by atoms with Crippen molar-refractivity contribution in [1.82, 2.24) is 19.7 Å². The summed E-state index contributed by atoms with van der Waals surface area (Å²) in [4.78, 5) is 6.49. The number of likely N-dealkylation sites (tertiary alicyclic amines) is 1. The van der Waals surface area contributed by atoms with E-state index < -0.39 is 0 Å². The van der Waals surface area contributed by atoms with Crippen LogP contribution in [0.3, 0.4) is 0 Å². The van der Waals surface area contributed by atoms with Crippen molar-refractivity contribution in [1.29, 1.82) is 0 Å². The molecule has 1 aromatic carbocycles. The molecule has 0 aliphatic carbocycles. The van der Waals surface area contributed by atoms with Crippen LogP contribution in [0.4, 0.5) is 5.69 Å². The van der Waals surface area contributed by atoms with Crippen LogP contribution in [0.1, 0.15) is 25.8 Å². The Kier molecular flexibility index (Phi) is 4.20. The first-order valence-electron chi connectivity index (χ1n) is 7.62. The molecule has 1 fully saturated rings. The number of nitrogens with one attached hydrogen (secondary N) is 1. The smallest absolute Gasteiger partial charge is 0.137 e. The first-order chi connectivity index (χ1) is 10.2. The Balaban J connectivity index is 1.55. The van der Waals surface area contributed by atoms with Crippen LogP contribution in [0.5, 0.6) is 0 Å².